The van der Waals surface area contributed by atoms with Crippen molar-refractivity contribution in [3.05, 3.63) is 34.4 Å². The van der Waals surface area contributed by atoms with Crippen molar-refractivity contribution in [1.29, 1.82) is 0 Å². The van der Waals surface area contributed by atoms with Gasteiger partial charge in [0.05, 0.1) is 6.10 Å². The highest BCUT2D eigenvalue weighted by molar-refractivity contribution is 7.28. The molecule has 0 aliphatic heterocycles. The Bertz CT molecular complexity index is 645. The number of hydrogen-bond acceptors (Lipinski definition) is 4. The average molecular weight is 378 g/mol. The lowest BCUT2D eigenvalue weighted by Crippen LogP contribution is -2.39. The summed E-state index contributed by atoms with van der Waals surface area (Å²) in [4.78, 5) is 25.8. The number of ketones is 1. The lowest BCUT2D eigenvalue weighted by atomic mass is 9.88. The third-order valence-electron chi connectivity index (χ3n) is 4.79. The summed E-state index contributed by atoms with van der Waals surface area (Å²) in [7, 11) is -0.348. The van der Waals surface area contributed by atoms with Gasteiger partial charge in [0.25, 0.3) is 0 Å². The van der Waals surface area contributed by atoms with E-state index in [4.69, 9.17) is 4.74 Å². The smallest absolute Gasteiger partial charge is 0.324 e. The fourth-order valence-electron chi connectivity index (χ4n) is 3.20. The van der Waals surface area contributed by atoms with Crippen LogP contribution < -0.4 is 0 Å². The topological polar surface area (TPSA) is 60.4 Å². The van der Waals surface area contributed by atoms with Crippen molar-refractivity contribution >= 4 is 20.2 Å². The maximum atomic E-state index is 13.0. The van der Waals surface area contributed by atoms with Crippen LogP contribution in [0.1, 0.15) is 79.9 Å². The Balaban J connectivity index is 3.21. The Morgan fingerprint density at radius 3 is 2.19 bits per heavy atom. The van der Waals surface area contributed by atoms with Gasteiger partial charge in [-0.2, -0.15) is 0 Å². The van der Waals surface area contributed by atoms with Crippen molar-refractivity contribution in [2.75, 3.05) is 0 Å². The van der Waals surface area contributed by atoms with Crippen molar-refractivity contribution < 1.29 is 18.9 Å². The number of aryl methyl sites for hydroxylation is 3. The lowest BCUT2D eigenvalue weighted by Gasteiger charge is -2.26. The molecule has 26 heavy (non-hydrogen) atoms. The molecule has 5 heteroatoms. The molecule has 0 fully saturated rings. The second kappa shape index (κ2) is 9.97. The molecule has 0 aromatic heterocycles. The highest BCUT2D eigenvalue weighted by atomic mass is 31.1. The molecule has 0 amide bonds. The normalized spacial score (nSPS) is 14.7. The third kappa shape index (κ3) is 5.48. The molecule has 4 nitrogen and oxygen atoms in total. The maximum Gasteiger partial charge on any atom is 0.324 e. The second-order valence-electron chi connectivity index (χ2n) is 7.22. The lowest BCUT2D eigenvalue weighted by molar-refractivity contribution is -0.151. The Labute approximate surface area is 158 Å². The summed E-state index contributed by atoms with van der Waals surface area (Å²) in [6.07, 6.45) is 2.25. The van der Waals surface area contributed by atoms with Gasteiger partial charge in [-0.15, -0.1) is 0 Å². The first-order valence-electron chi connectivity index (χ1n) is 9.37. The Kier molecular flexibility index (Phi) is 8.62. The first kappa shape index (κ1) is 22.5. The summed E-state index contributed by atoms with van der Waals surface area (Å²) >= 11 is 0. The quantitative estimate of drug-likeness (QED) is 0.296. The summed E-state index contributed by atoms with van der Waals surface area (Å²) < 4.78 is 17.6. The van der Waals surface area contributed by atoms with Crippen LogP contribution >= 0.6 is 8.46 Å². The van der Waals surface area contributed by atoms with E-state index in [9.17, 15) is 14.2 Å². The van der Waals surface area contributed by atoms with Crippen molar-refractivity contribution in [3.63, 3.8) is 0 Å². The summed E-state index contributed by atoms with van der Waals surface area (Å²) in [6.45, 7) is 11.5. The van der Waals surface area contributed by atoms with Crippen LogP contribution in [0.25, 0.3) is 0 Å². The van der Waals surface area contributed by atoms with Crippen LogP contribution in [0.4, 0.5) is 0 Å². The number of Topliss-reactive ketones (excluding diaryl/α,β-unsaturated/α-hetero) is 1. The van der Waals surface area contributed by atoms with E-state index in [1.807, 2.05) is 46.8 Å². The first-order valence-corrected chi connectivity index (χ1v) is 10.2. The van der Waals surface area contributed by atoms with Crippen molar-refractivity contribution in [2.45, 2.75) is 84.9 Å². The number of benzene rings is 1. The number of ether oxygens (including phenoxy) is 1. The molecular formula is C21H31O4P. The van der Waals surface area contributed by atoms with E-state index >= 15 is 0 Å². The van der Waals surface area contributed by atoms with Gasteiger partial charge in [-0.05, 0) is 51.7 Å². The van der Waals surface area contributed by atoms with Gasteiger partial charge in [-0.3, -0.25) is 14.2 Å². The first-order chi connectivity index (χ1) is 12.2. The van der Waals surface area contributed by atoms with Crippen LogP contribution in [0.3, 0.4) is 0 Å². The Morgan fingerprint density at radius 2 is 1.73 bits per heavy atom. The standard InChI is InChI=1S/C21H31O4P/c1-7-9-10-21(26-24,20(23)25-17(6)8-2)13-18(22)19-15(4)11-14(3)12-16(19)5/h11-12,17H,7-10,13H2,1-6H3. The zero-order valence-electron chi connectivity index (χ0n) is 16.8. The summed E-state index contributed by atoms with van der Waals surface area (Å²) in [5.41, 5.74) is 3.48. The van der Waals surface area contributed by atoms with Gasteiger partial charge < -0.3 is 4.74 Å². The van der Waals surface area contributed by atoms with Crippen LogP contribution in [0.2, 0.25) is 0 Å². The predicted molar refractivity (Wildman–Crippen MR) is 105 cm³/mol. The van der Waals surface area contributed by atoms with Crippen LogP contribution in [-0.4, -0.2) is 23.0 Å². The SMILES string of the molecule is CCCCC(CC(=O)c1c(C)cc(C)cc1C)(P=O)C(=O)OC(C)CC. The monoisotopic (exact) mass is 378 g/mol. The molecule has 0 aliphatic carbocycles. The van der Waals surface area contributed by atoms with Gasteiger partial charge in [0.15, 0.2) is 19.4 Å². The van der Waals surface area contributed by atoms with E-state index in [1.54, 1.807) is 6.92 Å². The average Bonchev–Trinajstić information content (AvgIpc) is 2.57. The molecule has 0 bridgehead atoms. The fourth-order valence-corrected chi connectivity index (χ4v) is 3.78. The fraction of sp³-hybridized carbons (Fsp3) is 0.619. The van der Waals surface area contributed by atoms with E-state index in [1.165, 1.54) is 0 Å². The highest BCUT2D eigenvalue weighted by Crippen LogP contribution is 2.37. The van der Waals surface area contributed by atoms with Crippen molar-refractivity contribution in [2.24, 2.45) is 0 Å². The third-order valence-corrected chi connectivity index (χ3v) is 5.70. The molecule has 0 spiro atoms. The Hall–Kier alpha value is -1.54. The summed E-state index contributed by atoms with van der Waals surface area (Å²) in [5.74, 6) is -0.687. The molecule has 2 atom stereocenters. The van der Waals surface area contributed by atoms with Crippen LogP contribution in [0, 0.1) is 20.8 Å². The minimum Gasteiger partial charge on any atom is -0.462 e. The minimum atomic E-state index is -1.31. The van der Waals surface area contributed by atoms with E-state index < -0.39 is 11.1 Å². The van der Waals surface area contributed by atoms with Crippen molar-refractivity contribution in [1.82, 2.24) is 0 Å². The van der Waals surface area contributed by atoms with Gasteiger partial charge in [-0.1, -0.05) is 44.4 Å². The molecule has 1 rings (SSSR count). The number of unbranched alkanes of at least 4 members (excludes halogenated alkanes) is 1. The summed E-state index contributed by atoms with van der Waals surface area (Å²) in [5, 5.41) is -1.31. The molecule has 1 aromatic carbocycles. The largest absolute Gasteiger partial charge is 0.462 e. The number of esters is 1. The number of carbonyl (C=O) groups excluding carboxylic acids is 2. The van der Waals surface area contributed by atoms with Gasteiger partial charge in [0, 0.05) is 12.0 Å². The molecule has 2 unspecified atom stereocenters. The van der Waals surface area contributed by atoms with E-state index in [0.29, 0.717) is 24.8 Å². The minimum absolute atomic E-state index is 0.0991. The van der Waals surface area contributed by atoms with E-state index in [-0.39, 0.29) is 26.8 Å². The molecule has 0 heterocycles. The van der Waals surface area contributed by atoms with Crippen molar-refractivity contribution in [3.8, 4) is 0 Å². The van der Waals surface area contributed by atoms with Gasteiger partial charge >= 0.3 is 5.97 Å². The molecule has 0 N–H and O–H groups in total. The Morgan fingerprint density at radius 1 is 1.15 bits per heavy atom. The van der Waals surface area contributed by atoms with E-state index in [0.717, 1.165) is 23.1 Å². The zero-order chi connectivity index (χ0) is 19.9. The molecule has 0 aliphatic rings. The summed E-state index contributed by atoms with van der Waals surface area (Å²) in [6, 6.07) is 3.92. The number of carbonyl (C=O) groups is 2. The maximum absolute atomic E-state index is 13.0. The van der Waals surface area contributed by atoms with Crippen LogP contribution in [0.15, 0.2) is 12.1 Å². The van der Waals surface area contributed by atoms with Gasteiger partial charge in [0.2, 0.25) is 0 Å². The van der Waals surface area contributed by atoms with Gasteiger partial charge in [0.1, 0.15) is 0 Å². The molecule has 0 saturated carbocycles. The molecule has 144 valence electrons. The molecule has 0 saturated heterocycles. The highest BCUT2D eigenvalue weighted by Gasteiger charge is 2.43. The molecule has 0 radical (unpaired) electrons. The van der Waals surface area contributed by atoms with Crippen LogP contribution in [0.5, 0.6) is 0 Å². The zero-order valence-corrected chi connectivity index (χ0v) is 17.7. The predicted octanol–water partition coefficient (Wildman–Crippen LogP) is 5.75. The van der Waals surface area contributed by atoms with Crippen LogP contribution in [-0.2, 0) is 14.1 Å². The number of rotatable bonds is 10. The molecule has 1 aromatic rings. The van der Waals surface area contributed by atoms with Gasteiger partial charge in [-0.25, -0.2) is 0 Å². The second-order valence-corrected chi connectivity index (χ2v) is 8.26. The van der Waals surface area contributed by atoms with E-state index in [2.05, 4.69) is 0 Å². The molecular weight excluding hydrogens is 347 g/mol. The number of hydrogen-bond donors (Lipinski definition) is 0.